The van der Waals surface area contributed by atoms with E-state index in [9.17, 15) is 9.18 Å². The Bertz CT molecular complexity index is 624. The van der Waals surface area contributed by atoms with Gasteiger partial charge in [0.1, 0.15) is 16.5 Å². The molecular weight excluding hydrogens is 281 g/mol. The number of benzene rings is 1. The maximum atomic E-state index is 13.5. The molecule has 0 saturated heterocycles. The molecule has 1 aliphatic rings. The van der Waals surface area contributed by atoms with Crippen LogP contribution in [0.15, 0.2) is 29.2 Å². The number of carbonyl (C=O) groups is 1. The highest BCUT2D eigenvalue weighted by Gasteiger charge is 2.22. The molecule has 0 radical (unpaired) electrons. The first kappa shape index (κ1) is 12.8. The van der Waals surface area contributed by atoms with Crippen molar-refractivity contribution in [3.8, 4) is 0 Å². The zero-order chi connectivity index (χ0) is 13.2. The fraction of sp³-hybridized carbons (Fsp3) is 0.286. The van der Waals surface area contributed by atoms with Gasteiger partial charge < -0.3 is 0 Å². The summed E-state index contributed by atoms with van der Waals surface area (Å²) >= 11 is 3.02. The summed E-state index contributed by atoms with van der Waals surface area (Å²) in [6, 6.07) is 6.72. The summed E-state index contributed by atoms with van der Waals surface area (Å²) in [5, 5.41) is 0.911. The summed E-state index contributed by atoms with van der Waals surface area (Å²) in [5.41, 5.74) is 0.653. The van der Waals surface area contributed by atoms with Crippen molar-refractivity contribution in [2.24, 2.45) is 0 Å². The highest BCUT2D eigenvalue weighted by Crippen LogP contribution is 2.31. The summed E-state index contributed by atoms with van der Waals surface area (Å²) in [4.78, 5) is 17.8. The predicted molar refractivity (Wildman–Crippen MR) is 75.3 cm³/mol. The number of thiazole rings is 1. The Morgan fingerprint density at radius 3 is 2.95 bits per heavy atom. The minimum Gasteiger partial charge on any atom is -0.292 e. The molecule has 5 heteroatoms. The van der Waals surface area contributed by atoms with Gasteiger partial charge >= 0.3 is 0 Å². The van der Waals surface area contributed by atoms with Crippen LogP contribution in [0.2, 0.25) is 0 Å². The van der Waals surface area contributed by atoms with Gasteiger partial charge in [0.15, 0.2) is 5.78 Å². The second-order valence-electron chi connectivity index (χ2n) is 4.38. The predicted octanol–water partition coefficient (Wildman–Crippen LogP) is 4.09. The molecule has 0 bridgehead atoms. The number of carbonyl (C=O) groups excluding carboxylic acids is 1. The molecule has 3 rings (SSSR count). The lowest BCUT2D eigenvalue weighted by molar-refractivity contribution is 0.0968. The lowest BCUT2D eigenvalue weighted by atomic mass is 10.0. The normalized spacial score (nSPS) is 14.5. The molecule has 2 aromatic rings. The number of hydrogen-bond acceptors (Lipinski definition) is 4. The Hall–Kier alpha value is -1.20. The third-order valence-electron chi connectivity index (χ3n) is 3.00. The average Bonchev–Trinajstić information content (AvgIpc) is 2.82. The highest BCUT2D eigenvalue weighted by molar-refractivity contribution is 7.98. The van der Waals surface area contributed by atoms with E-state index in [0.717, 1.165) is 22.7 Å². The van der Waals surface area contributed by atoms with Gasteiger partial charge in [0.2, 0.25) is 0 Å². The molecule has 0 unspecified atom stereocenters. The van der Waals surface area contributed by atoms with Gasteiger partial charge in [-0.15, -0.1) is 23.1 Å². The second-order valence-corrected chi connectivity index (χ2v) is 6.56. The van der Waals surface area contributed by atoms with Gasteiger partial charge in [0.05, 0.1) is 5.75 Å². The maximum Gasteiger partial charge on any atom is 0.182 e. The summed E-state index contributed by atoms with van der Waals surface area (Å²) < 4.78 is 13.5. The third kappa shape index (κ3) is 2.72. The van der Waals surface area contributed by atoms with Crippen LogP contribution in [-0.4, -0.2) is 10.8 Å². The van der Waals surface area contributed by atoms with Crippen molar-refractivity contribution < 1.29 is 9.18 Å². The largest absolute Gasteiger partial charge is 0.292 e. The molecule has 0 amide bonds. The van der Waals surface area contributed by atoms with Gasteiger partial charge in [-0.3, -0.25) is 4.79 Å². The van der Waals surface area contributed by atoms with Gasteiger partial charge in [-0.1, -0.05) is 12.1 Å². The van der Waals surface area contributed by atoms with E-state index >= 15 is 0 Å². The van der Waals surface area contributed by atoms with Crippen molar-refractivity contribution >= 4 is 28.9 Å². The first-order valence-electron chi connectivity index (χ1n) is 6.13. The summed E-state index contributed by atoms with van der Waals surface area (Å²) in [6.45, 7) is 0. The van der Waals surface area contributed by atoms with Crippen LogP contribution < -0.4 is 0 Å². The first-order valence-corrected chi connectivity index (χ1v) is 7.93. The maximum absolute atomic E-state index is 13.5. The quantitative estimate of drug-likeness (QED) is 0.798. The Labute approximate surface area is 119 Å². The lowest BCUT2D eigenvalue weighted by Gasteiger charge is -2.06. The highest BCUT2D eigenvalue weighted by atomic mass is 32.2. The van der Waals surface area contributed by atoms with Gasteiger partial charge in [0.25, 0.3) is 0 Å². The van der Waals surface area contributed by atoms with E-state index in [2.05, 4.69) is 4.98 Å². The molecule has 0 atom stereocenters. The molecule has 1 aromatic carbocycles. The topological polar surface area (TPSA) is 30.0 Å². The fourth-order valence-electron chi connectivity index (χ4n) is 2.08. The number of fused-ring (bicyclic) bond motifs is 1. The van der Waals surface area contributed by atoms with E-state index < -0.39 is 0 Å². The zero-order valence-electron chi connectivity index (χ0n) is 10.2. The monoisotopic (exact) mass is 293 g/mol. The van der Waals surface area contributed by atoms with Crippen LogP contribution in [0, 0.1) is 5.82 Å². The summed E-state index contributed by atoms with van der Waals surface area (Å²) in [5.74, 6) is 0.566. The number of aromatic nitrogens is 1. The summed E-state index contributed by atoms with van der Waals surface area (Å²) in [7, 11) is 0. The van der Waals surface area contributed by atoms with Gasteiger partial charge in [0, 0.05) is 16.2 Å². The van der Waals surface area contributed by atoms with Crippen LogP contribution in [0.5, 0.6) is 0 Å². The Morgan fingerprint density at radius 2 is 2.16 bits per heavy atom. The summed E-state index contributed by atoms with van der Waals surface area (Å²) in [6.07, 6.45) is 2.48. The van der Waals surface area contributed by atoms with Crippen LogP contribution in [-0.2, 0) is 12.2 Å². The van der Waals surface area contributed by atoms with Crippen molar-refractivity contribution in [1.29, 1.82) is 0 Å². The minimum absolute atomic E-state index is 0.152. The second kappa shape index (κ2) is 5.43. The molecule has 2 nitrogen and oxygen atoms in total. The molecule has 0 aliphatic heterocycles. The van der Waals surface area contributed by atoms with Crippen molar-refractivity contribution in [3.05, 3.63) is 45.7 Å². The fourth-order valence-corrected chi connectivity index (χ4v) is 4.14. The molecule has 0 fully saturated rings. The van der Waals surface area contributed by atoms with Crippen molar-refractivity contribution in [2.75, 3.05) is 0 Å². The number of hydrogen-bond donors (Lipinski definition) is 0. The number of nitrogens with zero attached hydrogens (tertiary/aromatic N) is 1. The van der Waals surface area contributed by atoms with Crippen LogP contribution in [0.1, 0.15) is 33.2 Å². The standard InChI is InChI=1S/C14H12FNOS2/c15-9-4-1-2-6-11(9)18-8-13-16-14-10(17)5-3-7-12(14)19-13/h1-2,4,6H,3,5,7-8H2. The van der Waals surface area contributed by atoms with Gasteiger partial charge in [-0.25, -0.2) is 9.37 Å². The smallest absolute Gasteiger partial charge is 0.182 e. The first-order chi connectivity index (χ1) is 9.24. The van der Waals surface area contributed by atoms with Crippen molar-refractivity contribution in [2.45, 2.75) is 29.9 Å². The number of aryl methyl sites for hydroxylation is 1. The van der Waals surface area contributed by atoms with Gasteiger partial charge in [-0.2, -0.15) is 0 Å². The van der Waals surface area contributed by atoms with Crippen LogP contribution in [0.25, 0.3) is 0 Å². The van der Waals surface area contributed by atoms with Crippen LogP contribution >= 0.6 is 23.1 Å². The van der Waals surface area contributed by atoms with Crippen molar-refractivity contribution in [3.63, 3.8) is 0 Å². The van der Waals surface area contributed by atoms with E-state index in [4.69, 9.17) is 0 Å². The number of thioether (sulfide) groups is 1. The van der Waals surface area contributed by atoms with E-state index in [1.165, 1.54) is 17.8 Å². The third-order valence-corrected chi connectivity index (χ3v) is 5.36. The van der Waals surface area contributed by atoms with E-state index in [-0.39, 0.29) is 11.6 Å². The van der Waals surface area contributed by atoms with E-state index in [1.807, 2.05) is 6.07 Å². The van der Waals surface area contributed by atoms with Crippen LogP contribution in [0.4, 0.5) is 4.39 Å². The zero-order valence-corrected chi connectivity index (χ0v) is 11.8. The molecular formula is C14H12FNOS2. The molecule has 98 valence electrons. The SMILES string of the molecule is O=C1CCCc2sc(CSc3ccccc3F)nc21. The Balaban J connectivity index is 1.74. The molecule has 1 aromatic heterocycles. The lowest BCUT2D eigenvalue weighted by Crippen LogP contribution is -2.08. The molecule has 0 N–H and O–H groups in total. The number of rotatable bonds is 3. The van der Waals surface area contributed by atoms with E-state index in [1.54, 1.807) is 23.5 Å². The molecule has 0 saturated carbocycles. The number of halogens is 1. The van der Waals surface area contributed by atoms with Crippen molar-refractivity contribution in [1.82, 2.24) is 4.98 Å². The Morgan fingerprint density at radius 1 is 1.32 bits per heavy atom. The van der Waals surface area contributed by atoms with Crippen LogP contribution in [0.3, 0.4) is 0 Å². The molecule has 1 aliphatic carbocycles. The van der Waals surface area contributed by atoms with Gasteiger partial charge in [-0.05, 0) is 25.0 Å². The minimum atomic E-state index is -0.204. The Kier molecular flexibility index (Phi) is 3.66. The van der Waals surface area contributed by atoms with E-state index in [0.29, 0.717) is 22.8 Å². The molecule has 0 spiro atoms. The molecule has 1 heterocycles. The number of ketones is 1. The average molecular weight is 293 g/mol. The molecule has 19 heavy (non-hydrogen) atoms. The number of Topliss-reactive ketones (excluding diaryl/α,β-unsaturated/α-hetero) is 1.